The van der Waals surface area contributed by atoms with Crippen LogP contribution in [0.15, 0.2) is 54.6 Å². The first-order valence-electron chi connectivity index (χ1n) is 7.51. The Morgan fingerprint density at radius 3 is 2.43 bits per heavy atom. The van der Waals surface area contributed by atoms with Crippen molar-refractivity contribution in [3.8, 4) is 5.75 Å². The predicted octanol–water partition coefficient (Wildman–Crippen LogP) is 2.75. The Bertz CT molecular complexity index is 617. The Balaban J connectivity index is 1.84. The SMILES string of the molecule is CN(CCCOc1ccc(F)cc1)[C@@H](C(N)=O)c1ccccc1. The number of hydrogen-bond acceptors (Lipinski definition) is 3. The molecule has 0 spiro atoms. The molecule has 0 aliphatic heterocycles. The van der Waals surface area contributed by atoms with Gasteiger partial charge in [0.25, 0.3) is 0 Å². The lowest BCUT2D eigenvalue weighted by Gasteiger charge is -2.25. The van der Waals surface area contributed by atoms with Crippen LogP contribution in [0.1, 0.15) is 18.0 Å². The molecule has 0 aliphatic rings. The molecule has 1 atom stereocenters. The van der Waals surface area contributed by atoms with Gasteiger partial charge in [0.2, 0.25) is 5.91 Å². The molecule has 0 unspecified atom stereocenters. The van der Waals surface area contributed by atoms with Gasteiger partial charge in [0.1, 0.15) is 17.6 Å². The molecule has 0 radical (unpaired) electrons. The van der Waals surface area contributed by atoms with Crippen LogP contribution >= 0.6 is 0 Å². The zero-order chi connectivity index (χ0) is 16.7. The number of likely N-dealkylation sites (N-methyl/N-ethyl adjacent to an activating group) is 1. The van der Waals surface area contributed by atoms with Gasteiger partial charge in [0, 0.05) is 6.54 Å². The van der Waals surface area contributed by atoms with Crippen molar-refractivity contribution in [1.29, 1.82) is 0 Å². The summed E-state index contributed by atoms with van der Waals surface area (Å²) in [5.74, 6) is -0.0361. The van der Waals surface area contributed by atoms with Crippen LogP contribution < -0.4 is 10.5 Å². The fourth-order valence-electron chi connectivity index (χ4n) is 2.44. The first kappa shape index (κ1) is 17.0. The van der Waals surface area contributed by atoms with E-state index in [1.54, 1.807) is 12.1 Å². The van der Waals surface area contributed by atoms with E-state index in [0.29, 0.717) is 18.9 Å². The number of nitrogens with zero attached hydrogens (tertiary/aromatic N) is 1. The topological polar surface area (TPSA) is 55.6 Å². The molecule has 2 N–H and O–H groups in total. The summed E-state index contributed by atoms with van der Waals surface area (Å²) in [5, 5.41) is 0. The van der Waals surface area contributed by atoms with Crippen molar-refractivity contribution >= 4 is 5.91 Å². The molecular weight excluding hydrogens is 295 g/mol. The van der Waals surface area contributed by atoms with Crippen LogP contribution in [0.4, 0.5) is 4.39 Å². The van der Waals surface area contributed by atoms with Gasteiger partial charge in [-0.15, -0.1) is 0 Å². The summed E-state index contributed by atoms with van der Waals surface area (Å²) in [5.41, 5.74) is 6.41. The van der Waals surface area contributed by atoms with Crippen LogP contribution in [0.25, 0.3) is 0 Å². The molecule has 23 heavy (non-hydrogen) atoms. The fraction of sp³-hybridized carbons (Fsp3) is 0.278. The maximum absolute atomic E-state index is 12.8. The quantitative estimate of drug-likeness (QED) is 0.762. The van der Waals surface area contributed by atoms with Gasteiger partial charge in [-0.3, -0.25) is 9.69 Å². The summed E-state index contributed by atoms with van der Waals surface area (Å²) < 4.78 is 18.3. The van der Waals surface area contributed by atoms with Crippen LogP contribution in [0.3, 0.4) is 0 Å². The number of primary amides is 1. The lowest BCUT2D eigenvalue weighted by atomic mass is 10.1. The molecule has 2 aromatic rings. The van der Waals surface area contributed by atoms with Gasteiger partial charge in [-0.2, -0.15) is 0 Å². The van der Waals surface area contributed by atoms with E-state index in [-0.39, 0.29) is 11.7 Å². The van der Waals surface area contributed by atoms with Gasteiger partial charge < -0.3 is 10.5 Å². The van der Waals surface area contributed by atoms with E-state index in [0.717, 1.165) is 12.0 Å². The second kappa shape index (κ2) is 8.29. The molecule has 0 aromatic heterocycles. The highest BCUT2D eigenvalue weighted by molar-refractivity contribution is 5.81. The van der Waals surface area contributed by atoms with Gasteiger partial charge in [-0.1, -0.05) is 30.3 Å². The minimum absolute atomic E-state index is 0.288. The highest BCUT2D eigenvalue weighted by atomic mass is 19.1. The molecule has 1 amide bonds. The zero-order valence-corrected chi connectivity index (χ0v) is 13.1. The number of ether oxygens (including phenoxy) is 1. The highest BCUT2D eigenvalue weighted by Gasteiger charge is 2.22. The molecule has 0 saturated carbocycles. The summed E-state index contributed by atoms with van der Waals surface area (Å²) in [6, 6.07) is 14.9. The second-order valence-corrected chi connectivity index (χ2v) is 5.35. The first-order valence-corrected chi connectivity index (χ1v) is 7.51. The highest BCUT2D eigenvalue weighted by Crippen LogP contribution is 2.19. The van der Waals surface area contributed by atoms with Gasteiger partial charge in [-0.05, 0) is 43.3 Å². The van der Waals surface area contributed by atoms with Crippen LogP contribution in [-0.2, 0) is 4.79 Å². The molecule has 0 heterocycles. The third kappa shape index (κ3) is 5.07. The molecule has 2 aromatic carbocycles. The first-order chi connectivity index (χ1) is 11.1. The van der Waals surface area contributed by atoms with Crippen molar-refractivity contribution in [2.24, 2.45) is 5.73 Å². The Morgan fingerprint density at radius 1 is 1.17 bits per heavy atom. The average molecular weight is 316 g/mol. The smallest absolute Gasteiger partial charge is 0.239 e. The minimum atomic E-state index is -0.456. The molecular formula is C18H21FN2O2. The molecule has 4 nitrogen and oxygen atoms in total. The van der Waals surface area contributed by atoms with E-state index in [2.05, 4.69) is 0 Å². The van der Waals surface area contributed by atoms with E-state index in [1.165, 1.54) is 12.1 Å². The van der Waals surface area contributed by atoms with Gasteiger partial charge in [0.05, 0.1) is 6.61 Å². The maximum atomic E-state index is 12.8. The maximum Gasteiger partial charge on any atom is 0.239 e. The van der Waals surface area contributed by atoms with Crippen LogP contribution in [-0.4, -0.2) is 31.0 Å². The summed E-state index contributed by atoms with van der Waals surface area (Å²) in [6.07, 6.45) is 0.727. The predicted molar refractivity (Wildman–Crippen MR) is 87.5 cm³/mol. The molecule has 2 rings (SSSR count). The summed E-state index contributed by atoms with van der Waals surface area (Å²) in [7, 11) is 1.86. The van der Waals surface area contributed by atoms with Crippen molar-refractivity contribution in [2.45, 2.75) is 12.5 Å². The molecule has 0 aliphatic carbocycles. The Morgan fingerprint density at radius 2 is 1.83 bits per heavy atom. The van der Waals surface area contributed by atoms with Crippen LogP contribution in [0.5, 0.6) is 5.75 Å². The Labute approximate surface area is 135 Å². The Hall–Kier alpha value is -2.40. The van der Waals surface area contributed by atoms with E-state index < -0.39 is 6.04 Å². The van der Waals surface area contributed by atoms with Crippen molar-refractivity contribution in [3.05, 3.63) is 66.0 Å². The number of rotatable bonds is 8. The third-order valence-corrected chi connectivity index (χ3v) is 3.56. The lowest BCUT2D eigenvalue weighted by molar-refractivity contribution is -0.123. The normalized spacial score (nSPS) is 12.1. The molecule has 122 valence electrons. The largest absolute Gasteiger partial charge is 0.494 e. The summed E-state index contributed by atoms with van der Waals surface area (Å²) >= 11 is 0. The van der Waals surface area contributed by atoms with Crippen molar-refractivity contribution in [3.63, 3.8) is 0 Å². The van der Waals surface area contributed by atoms with E-state index >= 15 is 0 Å². The minimum Gasteiger partial charge on any atom is -0.494 e. The fourth-order valence-corrected chi connectivity index (χ4v) is 2.44. The Kier molecular flexibility index (Phi) is 6.11. The number of nitrogens with two attached hydrogens (primary N) is 1. The van der Waals surface area contributed by atoms with Crippen molar-refractivity contribution in [1.82, 2.24) is 4.90 Å². The summed E-state index contributed by atoms with van der Waals surface area (Å²) in [6.45, 7) is 1.14. The van der Waals surface area contributed by atoms with Crippen LogP contribution in [0, 0.1) is 5.82 Å². The summed E-state index contributed by atoms with van der Waals surface area (Å²) in [4.78, 5) is 13.6. The van der Waals surface area contributed by atoms with Crippen molar-refractivity contribution < 1.29 is 13.9 Å². The van der Waals surface area contributed by atoms with Crippen molar-refractivity contribution in [2.75, 3.05) is 20.2 Å². The number of hydrogen-bond donors (Lipinski definition) is 1. The standard InChI is InChI=1S/C18H21FN2O2/c1-21(17(18(20)22)14-6-3-2-4-7-14)12-5-13-23-16-10-8-15(19)9-11-16/h2-4,6-11,17H,5,12-13H2,1H3,(H2,20,22)/t17-/m1/s1. The molecule has 0 fully saturated rings. The molecule has 0 saturated heterocycles. The monoisotopic (exact) mass is 316 g/mol. The zero-order valence-electron chi connectivity index (χ0n) is 13.1. The van der Waals surface area contributed by atoms with Gasteiger partial charge in [0.15, 0.2) is 0 Å². The van der Waals surface area contributed by atoms with E-state index in [4.69, 9.17) is 10.5 Å². The molecule has 5 heteroatoms. The lowest BCUT2D eigenvalue weighted by Crippen LogP contribution is -2.36. The van der Waals surface area contributed by atoms with Gasteiger partial charge >= 0.3 is 0 Å². The van der Waals surface area contributed by atoms with Gasteiger partial charge in [-0.25, -0.2) is 4.39 Å². The third-order valence-electron chi connectivity index (χ3n) is 3.56. The number of halogens is 1. The van der Waals surface area contributed by atoms with E-state index in [9.17, 15) is 9.18 Å². The molecule has 0 bridgehead atoms. The number of carbonyl (C=O) groups excluding carboxylic acids is 1. The second-order valence-electron chi connectivity index (χ2n) is 5.35. The van der Waals surface area contributed by atoms with Crippen LogP contribution in [0.2, 0.25) is 0 Å². The number of amides is 1. The number of carbonyl (C=O) groups is 1. The number of benzene rings is 2. The average Bonchev–Trinajstić information content (AvgIpc) is 2.54. The van der Waals surface area contributed by atoms with E-state index in [1.807, 2.05) is 42.3 Å².